The third-order valence-corrected chi connectivity index (χ3v) is 3.35. The molecule has 0 saturated carbocycles. The van der Waals surface area contributed by atoms with Crippen molar-refractivity contribution in [3.05, 3.63) is 34.7 Å². The maximum absolute atomic E-state index is 11.3. The molecule has 2 rings (SSSR count). The quantitative estimate of drug-likeness (QED) is 0.778. The Balaban J connectivity index is 2.50. The van der Waals surface area contributed by atoms with Gasteiger partial charge in [-0.15, -0.1) is 0 Å². The highest BCUT2D eigenvalue weighted by atomic mass is 32.2. The van der Waals surface area contributed by atoms with Gasteiger partial charge in [0.25, 0.3) is 0 Å². The van der Waals surface area contributed by atoms with E-state index in [2.05, 4.69) is 15.0 Å². The van der Waals surface area contributed by atoms with Gasteiger partial charge in [0.1, 0.15) is 5.82 Å². The van der Waals surface area contributed by atoms with E-state index in [-0.39, 0.29) is 16.7 Å². The van der Waals surface area contributed by atoms with Crippen molar-refractivity contribution in [3.63, 3.8) is 0 Å². The molecule has 3 N–H and O–H groups in total. The molecular formula is C10H10N4O3S. The van der Waals surface area contributed by atoms with Gasteiger partial charge in [0.2, 0.25) is 5.95 Å². The molecule has 0 aliphatic rings. The smallest absolute Gasteiger partial charge is 0.349 e. The third kappa shape index (κ3) is 2.54. The van der Waals surface area contributed by atoms with E-state index < -0.39 is 15.5 Å². The van der Waals surface area contributed by atoms with Crippen molar-refractivity contribution in [1.82, 2.24) is 15.0 Å². The molecule has 0 amide bonds. The lowest BCUT2D eigenvalue weighted by Crippen LogP contribution is -2.15. The van der Waals surface area contributed by atoms with Gasteiger partial charge >= 0.3 is 5.69 Å². The average Bonchev–Trinajstić information content (AvgIpc) is 2.27. The zero-order chi connectivity index (χ0) is 13.3. The summed E-state index contributed by atoms with van der Waals surface area (Å²) in [5, 5.41) is 0. The van der Waals surface area contributed by atoms with E-state index in [0.717, 1.165) is 6.26 Å². The van der Waals surface area contributed by atoms with Crippen LogP contribution in [0.5, 0.6) is 0 Å². The van der Waals surface area contributed by atoms with Crippen molar-refractivity contribution in [2.45, 2.75) is 4.90 Å². The molecule has 0 atom stereocenters. The SMILES string of the molecule is CS(=O)(=O)c1ccc(-c2nc(N)nc(=O)[nH]2)cc1. The molecular weight excluding hydrogens is 256 g/mol. The Kier molecular flexibility index (Phi) is 2.87. The third-order valence-electron chi connectivity index (χ3n) is 2.22. The predicted octanol–water partition coefficient (Wildman–Crippen LogP) is -0.182. The zero-order valence-corrected chi connectivity index (χ0v) is 10.2. The predicted molar refractivity (Wildman–Crippen MR) is 65.6 cm³/mol. The van der Waals surface area contributed by atoms with Gasteiger partial charge in [0, 0.05) is 11.8 Å². The number of nitrogens with one attached hydrogen (secondary N) is 1. The summed E-state index contributed by atoms with van der Waals surface area (Å²) in [5.74, 6) is 0.105. The summed E-state index contributed by atoms with van der Waals surface area (Å²) >= 11 is 0. The Labute approximate surface area is 103 Å². The Morgan fingerprint density at radius 3 is 2.28 bits per heavy atom. The van der Waals surface area contributed by atoms with Gasteiger partial charge in [-0.2, -0.15) is 9.97 Å². The zero-order valence-electron chi connectivity index (χ0n) is 9.41. The summed E-state index contributed by atoms with van der Waals surface area (Å²) < 4.78 is 22.6. The number of hydrogen-bond acceptors (Lipinski definition) is 6. The van der Waals surface area contributed by atoms with Gasteiger partial charge in [-0.3, -0.25) is 4.98 Å². The van der Waals surface area contributed by atoms with E-state index in [1.54, 1.807) is 0 Å². The number of hydrogen-bond donors (Lipinski definition) is 2. The molecule has 0 fully saturated rings. The number of nitrogens with zero attached hydrogens (tertiary/aromatic N) is 2. The van der Waals surface area contributed by atoms with E-state index in [1.807, 2.05) is 0 Å². The van der Waals surface area contributed by atoms with Gasteiger partial charge in [-0.25, -0.2) is 13.2 Å². The number of benzene rings is 1. The second-order valence-corrected chi connectivity index (χ2v) is 5.67. The number of nitrogen functional groups attached to an aromatic ring is 1. The molecule has 1 aromatic heterocycles. The molecule has 1 aromatic carbocycles. The Morgan fingerprint density at radius 2 is 1.78 bits per heavy atom. The Bertz CT molecular complexity index is 734. The molecule has 0 spiro atoms. The lowest BCUT2D eigenvalue weighted by molar-refractivity contribution is 0.602. The van der Waals surface area contributed by atoms with Gasteiger partial charge in [-0.05, 0) is 24.3 Å². The monoisotopic (exact) mass is 266 g/mol. The summed E-state index contributed by atoms with van der Waals surface area (Å²) in [6.45, 7) is 0. The van der Waals surface area contributed by atoms with Crippen LogP contribution in [0.15, 0.2) is 34.0 Å². The van der Waals surface area contributed by atoms with Crippen LogP contribution >= 0.6 is 0 Å². The van der Waals surface area contributed by atoms with Crippen LogP contribution in [0.1, 0.15) is 0 Å². The highest BCUT2D eigenvalue weighted by molar-refractivity contribution is 7.90. The number of nitrogens with two attached hydrogens (primary N) is 1. The molecule has 0 radical (unpaired) electrons. The minimum absolute atomic E-state index is 0.138. The van der Waals surface area contributed by atoms with Crippen molar-refractivity contribution in [2.75, 3.05) is 12.0 Å². The molecule has 94 valence electrons. The molecule has 0 aliphatic carbocycles. The molecule has 18 heavy (non-hydrogen) atoms. The second kappa shape index (κ2) is 4.22. The first kappa shape index (κ1) is 12.2. The van der Waals surface area contributed by atoms with Gasteiger partial charge in [0.15, 0.2) is 9.84 Å². The lowest BCUT2D eigenvalue weighted by atomic mass is 10.2. The number of anilines is 1. The number of rotatable bonds is 2. The van der Waals surface area contributed by atoms with Crippen LogP contribution in [0, 0.1) is 0 Å². The lowest BCUT2D eigenvalue weighted by Gasteiger charge is -2.02. The van der Waals surface area contributed by atoms with Crippen molar-refractivity contribution < 1.29 is 8.42 Å². The molecule has 0 bridgehead atoms. The fourth-order valence-electron chi connectivity index (χ4n) is 1.40. The Morgan fingerprint density at radius 1 is 1.17 bits per heavy atom. The van der Waals surface area contributed by atoms with Crippen LogP contribution in [0.3, 0.4) is 0 Å². The maximum Gasteiger partial charge on any atom is 0.349 e. The molecule has 0 unspecified atom stereocenters. The van der Waals surface area contributed by atoms with Crippen LogP contribution in [-0.4, -0.2) is 29.6 Å². The summed E-state index contributed by atoms with van der Waals surface area (Å²) in [4.78, 5) is 21.0. The fourth-order valence-corrected chi connectivity index (χ4v) is 2.03. The van der Waals surface area contributed by atoms with E-state index in [9.17, 15) is 13.2 Å². The largest absolute Gasteiger partial charge is 0.368 e. The van der Waals surface area contributed by atoms with E-state index in [4.69, 9.17) is 5.73 Å². The molecule has 2 aromatic rings. The Hall–Kier alpha value is -2.22. The first-order chi connectivity index (χ1) is 8.36. The molecule has 0 aliphatic heterocycles. The topological polar surface area (TPSA) is 119 Å². The number of aromatic amines is 1. The van der Waals surface area contributed by atoms with Gasteiger partial charge in [0.05, 0.1) is 4.90 Å². The number of aromatic nitrogens is 3. The number of sulfone groups is 1. The van der Waals surface area contributed by atoms with Crippen LogP contribution in [0.4, 0.5) is 5.95 Å². The minimum Gasteiger partial charge on any atom is -0.368 e. The molecule has 7 nitrogen and oxygen atoms in total. The first-order valence-electron chi connectivity index (χ1n) is 4.90. The van der Waals surface area contributed by atoms with Crippen LogP contribution in [0.2, 0.25) is 0 Å². The number of H-pyrrole nitrogens is 1. The van der Waals surface area contributed by atoms with Crippen molar-refractivity contribution in [2.24, 2.45) is 0 Å². The first-order valence-corrected chi connectivity index (χ1v) is 6.80. The van der Waals surface area contributed by atoms with Crippen molar-refractivity contribution >= 4 is 15.8 Å². The molecule has 0 saturated heterocycles. The van der Waals surface area contributed by atoms with Crippen LogP contribution in [0.25, 0.3) is 11.4 Å². The molecule has 1 heterocycles. The van der Waals surface area contributed by atoms with Crippen LogP contribution < -0.4 is 11.4 Å². The highest BCUT2D eigenvalue weighted by Gasteiger charge is 2.08. The molecule has 8 heteroatoms. The van der Waals surface area contributed by atoms with Crippen LogP contribution in [-0.2, 0) is 9.84 Å². The van der Waals surface area contributed by atoms with Gasteiger partial charge < -0.3 is 5.73 Å². The standard InChI is InChI=1S/C10H10N4O3S/c1-18(16,17)7-4-2-6(3-5-7)8-12-9(11)14-10(15)13-8/h2-5H,1H3,(H3,11,12,13,14,15). The maximum atomic E-state index is 11.3. The fraction of sp³-hybridized carbons (Fsp3) is 0.100. The normalized spacial score (nSPS) is 11.4. The van der Waals surface area contributed by atoms with E-state index in [0.29, 0.717) is 5.56 Å². The second-order valence-electron chi connectivity index (χ2n) is 3.66. The van der Waals surface area contributed by atoms with E-state index in [1.165, 1.54) is 24.3 Å². The van der Waals surface area contributed by atoms with Crippen molar-refractivity contribution in [1.29, 1.82) is 0 Å². The van der Waals surface area contributed by atoms with Gasteiger partial charge in [-0.1, -0.05) is 0 Å². The van der Waals surface area contributed by atoms with E-state index >= 15 is 0 Å². The average molecular weight is 266 g/mol. The summed E-state index contributed by atoms with van der Waals surface area (Å²) in [6.07, 6.45) is 1.12. The summed E-state index contributed by atoms with van der Waals surface area (Å²) in [6, 6.07) is 5.94. The minimum atomic E-state index is -3.25. The highest BCUT2D eigenvalue weighted by Crippen LogP contribution is 2.17. The van der Waals surface area contributed by atoms with Crippen molar-refractivity contribution in [3.8, 4) is 11.4 Å². The summed E-state index contributed by atoms with van der Waals surface area (Å²) in [7, 11) is -3.25. The summed E-state index contributed by atoms with van der Waals surface area (Å²) in [5.41, 5.74) is 5.30.